The molecule has 1 aromatic carbocycles. The summed E-state index contributed by atoms with van der Waals surface area (Å²) in [6.45, 7) is 2.13. The van der Waals surface area contributed by atoms with E-state index in [0.717, 1.165) is 49.5 Å². The van der Waals surface area contributed by atoms with Crippen molar-refractivity contribution in [1.29, 1.82) is 0 Å². The van der Waals surface area contributed by atoms with E-state index >= 15 is 0 Å². The fourth-order valence-electron chi connectivity index (χ4n) is 2.15. The second-order valence-electron chi connectivity index (χ2n) is 4.52. The number of aryl methyl sites for hydroxylation is 2. The Morgan fingerprint density at radius 1 is 1.53 bits per heavy atom. The molecule has 1 aromatic rings. The first-order valence-electron chi connectivity index (χ1n) is 6.21. The van der Waals surface area contributed by atoms with Crippen LogP contribution in [0.5, 0.6) is 11.5 Å². The summed E-state index contributed by atoms with van der Waals surface area (Å²) >= 11 is 0. The van der Waals surface area contributed by atoms with Gasteiger partial charge in [-0.05, 0) is 42.9 Å². The van der Waals surface area contributed by atoms with Crippen molar-refractivity contribution in [3.63, 3.8) is 0 Å². The molecule has 0 fully saturated rings. The van der Waals surface area contributed by atoms with E-state index in [1.165, 1.54) is 0 Å². The number of carbonyl (C=O) groups excluding carboxylic acids is 1. The Bertz CT molecular complexity index is 412. The molecular weight excluding hydrogens is 216 g/mol. The molecule has 1 aliphatic heterocycles. The molecule has 17 heavy (non-hydrogen) atoms. The van der Waals surface area contributed by atoms with Gasteiger partial charge in [0.25, 0.3) is 0 Å². The first kappa shape index (κ1) is 12.0. The lowest BCUT2D eigenvalue weighted by molar-refractivity contribution is -0.114. The lowest BCUT2D eigenvalue weighted by Crippen LogP contribution is -2.23. The topological polar surface area (TPSA) is 46.5 Å². The molecule has 1 N–H and O–H groups in total. The molecule has 1 atom stereocenters. The van der Waals surface area contributed by atoms with E-state index in [1.807, 2.05) is 6.07 Å². The maximum absolute atomic E-state index is 10.7. The van der Waals surface area contributed by atoms with Crippen molar-refractivity contribution in [3.8, 4) is 11.5 Å². The molecule has 0 amide bonds. The number of carbonyl (C=O) groups is 1. The molecule has 1 heterocycles. The van der Waals surface area contributed by atoms with Crippen molar-refractivity contribution in [2.45, 2.75) is 45.1 Å². The Kier molecular flexibility index (Phi) is 3.67. The summed E-state index contributed by atoms with van der Waals surface area (Å²) in [5.74, 6) is 0.940. The molecule has 0 saturated carbocycles. The van der Waals surface area contributed by atoms with E-state index in [9.17, 15) is 9.90 Å². The van der Waals surface area contributed by atoms with Crippen molar-refractivity contribution in [2.75, 3.05) is 0 Å². The predicted octanol–water partition coefficient (Wildman–Crippen LogP) is 2.63. The van der Waals surface area contributed by atoms with Gasteiger partial charge in [-0.1, -0.05) is 13.3 Å². The first-order chi connectivity index (χ1) is 8.24. The van der Waals surface area contributed by atoms with Gasteiger partial charge in [0.15, 0.2) is 12.4 Å². The first-order valence-corrected chi connectivity index (χ1v) is 6.21. The summed E-state index contributed by atoms with van der Waals surface area (Å²) in [6, 6.07) is 3.66. The Hall–Kier alpha value is -1.51. The summed E-state index contributed by atoms with van der Waals surface area (Å²) in [5.41, 5.74) is 2.09. The molecule has 2 rings (SSSR count). The van der Waals surface area contributed by atoms with Crippen LogP contribution in [-0.2, 0) is 17.6 Å². The van der Waals surface area contributed by atoms with Gasteiger partial charge in [-0.3, -0.25) is 4.79 Å². The lowest BCUT2D eigenvalue weighted by atomic mass is 9.97. The largest absolute Gasteiger partial charge is 0.508 e. The van der Waals surface area contributed by atoms with E-state index in [4.69, 9.17) is 4.74 Å². The highest BCUT2D eigenvalue weighted by Crippen LogP contribution is 2.33. The van der Waals surface area contributed by atoms with Gasteiger partial charge in [-0.25, -0.2) is 0 Å². The molecule has 0 spiro atoms. The minimum Gasteiger partial charge on any atom is -0.508 e. The Morgan fingerprint density at radius 3 is 3.06 bits per heavy atom. The summed E-state index contributed by atoms with van der Waals surface area (Å²) in [6.07, 6.45) is 5.12. The van der Waals surface area contributed by atoms with E-state index in [-0.39, 0.29) is 11.9 Å². The van der Waals surface area contributed by atoms with Crippen LogP contribution in [0.3, 0.4) is 0 Å². The van der Waals surface area contributed by atoms with Crippen LogP contribution in [0, 0.1) is 0 Å². The second kappa shape index (κ2) is 5.21. The van der Waals surface area contributed by atoms with E-state index in [1.54, 1.807) is 6.07 Å². The van der Waals surface area contributed by atoms with Crippen molar-refractivity contribution in [1.82, 2.24) is 0 Å². The Labute approximate surface area is 101 Å². The summed E-state index contributed by atoms with van der Waals surface area (Å²) < 4.78 is 5.49. The number of hydrogen-bond acceptors (Lipinski definition) is 3. The highest BCUT2D eigenvalue weighted by atomic mass is 16.5. The minimum absolute atomic E-state index is 0.281. The predicted molar refractivity (Wildman–Crippen MR) is 65.5 cm³/mol. The van der Waals surface area contributed by atoms with Crippen LogP contribution in [0.15, 0.2) is 12.1 Å². The van der Waals surface area contributed by atoms with Crippen LogP contribution in [0.1, 0.15) is 37.3 Å². The number of phenolic OH excluding ortho intramolecular Hbond substituents is 1. The van der Waals surface area contributed by atoms with Crippen LogP contribution in [-0.4, -0.2) is 17.5 Å². The molecule has 0 radical (unpaired) electrons. The van der Waals surface area contributed by atoms with Gasteiger partial charge in [0.1, 0.15) is 11.5 Å². The number of ether oxygens (including phenoxy) is 1. The molecular formula is C14H18O3. The average molecular weight is 234 g/mol. The highest BCUT2D eigenvalue weighted by molar-refractivity contribution is 5.59. The second-order valence-corrected chi connectivity index (χ2v) is 4.52. The van der Waals surface area contributed by atoms with Crippen LogP contribution in [0.25, 0.3) is 0 Å². The van der Waals surface area contributed by atoms with Gasteiger partial charge >= 0.3 is 0 Å². The smallest absolute Gasteiger partial charge is 0.160 e. The number of aromatic hydroxyl groups is 1. The maximum Gasteiger partial charge on any atom is 0.160 e. The third-order valence-electron chi connectivity index (χ3n) is 3.19. The van der Waals surface area contributed by atoms with E-state index < -0.39 is 0 Å². The fraction of sp³-hybridized carbons (Fsp3) is 0.500. The molecule has 0 bridgehead atoms. The molecule has 0 aromatic heterocycles. The highest BCUT2D eigenvalue weighted by Gasteiger charge is 2.20. The summed E-state index contributed by atoms with van der Waals surface area (Å²) in [7, 11) is 0. The molecule has 92 valence electrons. The zero-order chi connectivity index (χ0) is 12.3. The molecule has 1 unspecified atom stereocenters. The number of unbranched alkanes of at least 4 members (excludes halogenated alkanes) is 1. The lowest BCUT2D eigenvalue weighted by Gasteiger charge is -2.23. The fourth-order valence-corrected chi connectivity index (χ4v) is 2.15. The van der Waals surface area contributed by atoms with Gasteiger partial charge in [-0.2, -0.15) is 0 Å². The monoisotopic (exact) mass is 234 g/mol. The number of aldehydes is 1. The van der Waals surface area contributed by atoms with Crippen molar-refractivity contribution >= 4 is 6.29 Å². The van der Waals surface area contributed by atoms with Crippen molar-refractivity contribution in [2.24, 2.45) is 0 Å². The normalized spacial score (nSPS) is 18.3. The van der Waals surface area contributed by atoms with Crippen LogP contribution < -0.4 is 4.74 Å². The minimum atomic E-state index is -0.358. The SMILES string of the molecule is CCCCc1cc2c(cc1O)OC(C=O)CC2. The van der Waals surface area contributed by atoms with Gasteiger partial charge < -0.3 is 9.84 Å². The number of fused-ring (bicyclic) bond motifs is 1. The van der Waals surface area contributed by atoms with Gasteiger partial charge in [-0.15, -0.1) is 0 Å². The van der Waals surface area contributed by atoms with Crippen LogP contribution >= 0.6 is 0 Å². The van der Waals surface area contributed by atoms with Crippen molar-refractivity contribution in [3.05, 3.63) is 23.3 Å². The molecule has 0 aliphatic carbocycles. The Morgan fingerprint density at radius 2 is 2.35 bits per heavy atom. The molecule has 3 heteroatoms. The van der Waals surface area contributed by atoms with Crippen molar-refractivity contribution < 1.29 is 14.6 Å². The third kappa shape index (κ3) is 2.60. The standard InChI is InChI=1S/C14H18O3/c1-2-3-4-10-7-11-5-6-12(9-15)17-14(11)8-13(10)16/h7-9,12,16H,2-6H2,1H3. The van der Waals surface area contributed by atoms with Gasteiger partial charge in [0.05, 0.1) is 0 Å². The Balaban J connectivity index is 2.22. The third-order valence-corrected chi connectivity index (χ3v) is 3.19. The number of rotatable bonds is 4. The number of phenols is 1. The van der Waals surface area contributed by atoms with E-state index in [2.05, 4.69) is 6.92 Å². The van der Waals surface area contributed by atoms with Gasteiger partial charge in [0, 0.05) is 6.07 Å². The average Bonchev–Trinajstić information content (AvgIpc) is 2.35. The summed E-state index contributed by atoms with van der Waals surface area (Å²) in [4.78, 5) is 10.7. The maximum atomic E-state index is 10.7. The van der Waals surface area contributed by atoms with Gasteiger partial charge in [0.2, 0.25) is 0 Å². The molecule has 1 aliphatic rings. The van der Waals surface area contributed by atoms with Crippen LogP contribution in [0.2, 0.25) is 0 Å². The zero-order valence-corrected chi connectivity index (χ0v) is 10.1. The van der Waals surface area contributed by atoms with Crippen LogP contribution in [0.4, 0.5) is 0 Å². The number of hydrogen-bond donors (Lipinski definition) is 1. The molecule has 3 nitrogen and oxygen atoms in total. The number of benzene rings is 1. The van der Waals surface area contributed by atoms with E-state index in [0.29, 0.717) is 5.75 Å². The quantitative estimate of drug-likeness (QED) is 0.815. The molecule has 0 saturated heterocycles. The summed E-state index contributed by atoms with van der Waals surface area (Å²) in [5, 5.41) is 9.88. The zero-order valence-electron chi connectivity index (χ0n) is 10.1.